The smallest absolute Gasteiger partial charge is 0.133 e. The first-order valence-corrected chi connectivity index (χ1v) is 7.36. The SMILES string of the molecule is CCCCc1ccc(Oc2cc(Cl)ccc2CN)cc1. The predicted molar refractivity (Wildman–Crippen MR) is 84.5 cm³/mol. The van der Waals surface area contributed by atoms with Crippen LogP contribution in [0.4, 0.5) is 0 Å². The van der Waals surface area contributed by atoms with Crippen molar-refractivity contribution in [3.8, 4) is 11.5 Å². The van der Waals surface area contributed by atoms with Crippen LogP contribution in [-0.2, 0) is 13.0 Å². The topological polar surface area (TPSA) is 35.2 Å². The molecule has 0 radical (unpaired) electrons. The zero-order valence-corrected chi connectivity index (χ0v) is 12.5. The van der Waals surface area contributed by atoms with E-state index in [4.69, 9.17) is 22.1 Å². The van der Waals surface area contributed by atoms with Gasteiger partial charge in [0.15, 0.2) is 0 Å². The van der Waals surface area contributed by atoms with Gasteiger partial charge >= 0.3 is 0 Å². The molecule has 0 aliphatic heterocycles. The van der Waals surface area contributed by atoms with Crippen LogP contribution in [0.5, 0.6) is 11.5 Å². The summed E-state index contributed by atoms with van der Waals surface area (Å²) in [6.45, 7) is 2.63. The minimum absolute atomic E-state index is 0.432. The summed E-state index contributed by atoms with van der Waals surface area (Å²) in [6, 6.07) is 13.7. The van der Waals surface area contributed by atoms with Gasteiger partial charge in [-0.25, -0.2) is 0 Å². The van der Waals surface area contributed by atoms with E-state index in [9.17, 15) is 0 Å². The molecule has 0 aliphatic rings. The number of hydrogen-bond donors (Lipinski definition) is 1. The molecule has 0 fully saturated rings. The molecule has 2 N–H and O–H groups in total. The fraction of sp³-hybridized carbons (Fsp3) is 0.294. The maximum absolute atomic E-state index is 6.00. The minimum atomic E-state index is 0.432. The summed E-state index contributed by atoms with van der Waals surface area (Å²) in [5.41, 5.74) is 8.00. The first-order valence-electron chi connectivity index (χ1n) is 6.98. The lowest BCUT2D eigenvalue weighted by Crippen LogP contribution is -1.99. The fourth-order valence-electron chi connectivity index (χ4n) is 2.02. The Morgan fingerprint density at radius 3 is 2.50 bits per heavy atom. The van der Waals surface area contributed by atoms with Crippen molar-refractivity contribution < 1.29 is 4.74 Å². The van der Waals surface area contributed by atoms with E-state index in [2.05, 4.69) is 19.1 Å². The van der Waals surface area contributed by atoms with E-state index in [1.165, 1.54) is 18.4 Å². The molecule has 0 saturated carbocycles. The molecule has 2 aromatic carbocycles. The van der Waals surface area contributed by atoms with E-state index in [0.29, 0.717) is 11.6 Å². The van der Waals surface area contributed by atoms with Gasteiger partial charge in [-0.1, -0.05) is 43.1 Å². The zero-order valence-electron chi connectivity index (χ0n) is 11.7. The Hall–Kier alpha value is -1.51. The van der Waals surface area contributed by atoms with E-state index < -0.39 is 0 Å². The van der Waals surface area contributed by atoms with E-state index in [1.54, 1.807) is 6.07 Å². The summed E-state index contributed by atoms with van der Waals surface area (Å²) < 4.78 is 5.88. The highest BCUT2D eigenvalue weighted by molar-refractivity contribution is 6.30. The molecule has 0 amide bonds. The van der Waals surface area contributed by atoms with Gasteiger partial charge in [0.2, 0.25) is 0 Å². The molecule has 3 heteroatoms. The van der Waals surface area contributed by atoms with Gasteiger partial charge in [-0.2, -0.15) is 0 Å². The van der Waals surface area contributed by atoms with Crippen molar-refractivity contribution in [3.05, 3.63) is 58.6 Å². The average molecular weight is 290 g/mol. The van der Waals surface area contributed by atoms with Crippen molar-refractivity contribution >= 4 is 11.6 Å². The summed E-state index contributed by atoms with van der Waals surface area (Å²) in [6.07, 6.45) is 3.54. The monoisotopic (exact) mass is 289 g/mol. The average Bonchev–Trinajstić information content (AvgIpc) is 2.47. The number of hydrogen-bond acceptors (Lipinski definition) is 2. The third-order valence-electron chi connectivity index (χ3n) is 3.22. The molecule has 2 nitrogen and oxygen atoms in total. The second-order valence-electron chi connectivity index (χ2n) is 4.81. The number of rotatable bonds is 6. The third-order valence-corrected chi connectivity index (χ3v) is 3.45. The highest BCUT2D eigenvalue weighted by atomic mass is 35.5. The van der Waals surface area contributed by atoms with Crippen molar-refractivity contribution in [2.45, 2.75) is 32.7 Å². The molecule has 20 heavy (non-hydrogen) atoms. The van der Waals surface area contributed by atoms with E-state index >= 15 is 0 Å². The van der Waals surface area contributed by atoms with Crippen LogP contribution in [0.1, 0.15) is 30.9 Å². The van der Waals surface area contributed by atoms with Crippen molar-refractivity contribution in [3.63, 3.8) is 0 Å². The van der Waals surface area contributed by atoms with Crippen LogP contribution in [0.3, 0.4) is 0 Å². The zero-order chi connectivity index (χ0) is 14.4. The number of ether oxygens (including phenoxy) is 1. The molecular weight excluding hydrogens is 270 g/mol. The number of aryl methyl sites for hydroxylation is 1. The molecule has 2 rings (SSSR count). The van der Waals surface area contributed by atoms with Gasteiger partial charge in [0.1, 0.15) is 11.5 Å². The first-order chi connectivity index (χ1) is 9.72. The predicted octanol–water partition coefficient (Wildman–Crippen LogP) is 4.93. The number of halogens is 1. The van der Waals surface area contributed by atoms with Gasteiger partial charge in [-0.3, -0.25) is 0 Å². The molecule has 0 bridgehead atoms. The summed E-state index contributed by atoms with van der Waals surface area (Å²) in [4.78, 5) is 0. The second kappa shape index (κ2) is 7.32. The van der Waals surface area contributed by atoms with Crippen LogP contribution < -0.4 is 10.5 Å². The maximum Gasteiger partial charge on any atom is 0.133 e. The molecule has 0 heterocycles. The largest absolute Gasteiger partial charge is 0.457 e. The van der Waals surface area contributed by atoms with Crippen molar-refractivity contribution in [1.82, 2.24) is 0 Å². The molecule has 0 spiro atoms. The maximum atomic E-state index is 6.00. The van der Waals surface area contributed by atoms with Crippen LogP contribution in [0.2, 0.25) is 5.02 Å². The normalized spacial score (nSPS) is 10.6. The van der Waals surface area contributed by atoms with Crippen LogP contribution in [0.15, 0.2) is 42.5 Å². The minimum Gasteiger partial charge on any atom is -0.457 e. The van der Waals surface area contributed by atoms with Gasteiger partial charge < -0.3 is 10.5 Å². The summed E-state index contributed by atoms with van der Waals surface area (Å²) in [7, 11) is 0. The van der Waals surface area contributed by atoms with Crippen LogP contribution in [0, 0.1) is 0 Å². The number of unbranched alkanes of at least 4 members (excludes halogenated alkanes) is 1. The van der Waals surface area contributed by atoms with Gasteiger partial charge in [0, 0.05) is 17.1 Å². The number of benzene rings is 2. The van der Waals surface area contributed by atoms with E-state index in [-0.39, 0.29) is 0 Å². The van der Waals surface area contributed by atoms with Gasteiger partial charge in [0.05, 0.1) is 0 Å². The quantitative estimate of drug-likeness (QED) is 0.818. The Kier molecular flexibility index (Phi) is 5.45. The molecule has 0 aliphatic carbocycles. The summed E-state index contributed by atoms with van der Waals surface area (Å²) in [5, 5.41) is 0.650. The van der Waals surface area contributed by atoms with Gasteiger partial charge in [-0.05, 0) is 42.7 Å². The highest BCUT2D eigenvalue weighted by Crippen LogP contribution is 2.28. The molecule has 0 atom stereocenters. The Balaban J connectivity index is 2.11. The lowest BCUT2D eigenvalue weighted by molar-refractivity contribution is 0.476. The number of nitrogens with two attached hydrogens (primary N) is 1. The summed E-state index contributed by atoms with van der Waals surface area (Å²) in [5.74, 6) is 1.53. The van der Waals surface area contributed by atoms with Crippen molar-refractivity contribution in [1.29, 1.82) is 0 Å². The molecule has 0 aromatic heterocycles. The Morgan fingerprint density at radius 2 is 1.85 bits per heavy atom. The molecule has 0 unspecified atom stereocenters. The molecular formula is C17H20ClNO. The van der Waals surface area contributed by atoms with Gasteiger partial charge in [-0.15, -0.1) is 0 Å². The second-order valence-corrected chi connectivity index (χ2v) is 5.24. The first kappa shape index (κ1) is 14.9. The van der Waals surface area contributed by atoms with Crippen molar-refractivity contribution in [2.24, 2.45) is 5.73 Å². The summed E-state index contributed by atoms with van der Waals surface area (Å²) >= 11 is 6.00. The van der Waals surface area contributed by atoms with Crippen LogP contribution >= 0.6 is 11.6 Å². The fourth-order valence-corrected chi connectivity index (χ4v) is 2.19. The lowest BCUT2D eigenvalue weighted by Gasteiger charge is -2.11. The lowest BCUT2D eigenvalue weighted by atomic mass is 10.1. The molecule has 2 aromatic rings. The third kappa shape index (κ3) is 3.99. The van der Waals surface area contributed by atoms with Crippen LogP contribution in [-0.4, -0.2) is 0 Å². The Labute approximate surface area is 125 Å². The highest BCUT2D eigenvalue weighted by Gasteiger charge is 2.05. The Bertz CT molecular complexity index is 551. The van der Waals surface area contributed by atoms with Crippen LogP contribution in [0.25, 0.3) is 0 Å². The van der Waals surface area contributed by atoms with Gasteiger partial charge in [0.25, 0.3) is 0 Å². The molecule has 0 saturated heterocycles. The molecule has 106 valence electrons. The standard InChI is InChI=1S/C17H20ClNO/c1-2-3-4-13-5-9-16(10-6-13)20-17-11-15(18)8-7-14(17)12-19/h5-11H,2-4,12,19H2,1H3. The Morgan fingerprint density at radius 1 is 1.10 bits per heavy atom. The van der Waals surface area contributed by atoms with E-state index in [1.807, 2.05) is 24.3 Å². The van der Waals surface area contributed by atoms with E-state index in [0.717, 1.165) is 23.5 Å². The van der Waals surface area contributed by atoms with Crippen molar-refractivity contribution in [2.75, 3.05) is 0 Å².